The first-order valence-corrected chi connectivity index (χ1v) is 5.39. The van der Waals surface area contributed by atoms with Crippen molar-refractivity contribution >= 4 is 5.84 Å². The van der Waals surface area contributed by atoms with E-state index in [1.807, 2.05) is 32.0 Å². The predicted octanol–water partition coefficient (Wildman–Crippen LogP) is 1.32. The lowest BCUT2D eigenvalue weighted by atomic mass is 10.1. The van der Waals surface area contributed by atoms with Crippen LogP contribution in [0.5, 0.6) is 11.5 Å². The second-order valence-corrected chi connectivity index (χ2v) is 3.75. The molecule has 0 aliphatic carbocycles. The first-order valence-electron chi connectivity index (χ1n) is 5.39. The maximum Gasteiger partial charge on any atom is 0.150 e. The molecular formula is C12H19N3O2. The maximum absolute atomic E-state index is 5.51. The van der Waals surface area contributed by atoms with Crippen molar-refractivity contribution in [1.29, 1.82) is 0 Å². The van der Waals surface area contributed by atoms with Crippen LogP contribution >= 0.6 is 0 Å². The number of nitrogens with one attached hydrogen (secondary N) is 1. The van der Waals surface area contributed by atoms with Crippen molar-refractivity contribution in [3.05, 3.63) is 23.8 Å². The van der Waals surface area contributed by atoms with Crippen molar-refractivity contribution in [1.82, 2.24) is 5.43 Å². The van der Waals surface area contributed by atoms with E-state index in [9.17, 15) is 0 Å². The molecule has 0 aliphatic rings. The molecule has 0 saturated heterocycles. The molecule has 1 aromatic carbocycles. The Balaban J connectivity index is 3.34. The van der Waals surface area contributed by atoms with Gasteiger partial charge in [0, 0.05) is 6.04 Å². The summed E-state index contributed by atoms with van der Waals surface area (Å²) in [5.74, 6) is 7.40. The summed E-state index contributed by atoms with van der Waals surface area (Å²) < 4.78 is 10.6. The van der Waals surface area contributed by atoms with Gasteiger partial charge in [0.25, 0.3) is 0 Å². The van der Waals surface area contributed by atoms with Crippen LogP contribution in [0.4, 0.5) is 0 Å². The lowest BCUT2D eigenvalue weighted by Crippen LogP contribution is -2.32. The van der Waals surface area contributed by atoms with E-state index in [1.54, 1.807) is 14.2 Å². The van der Waals surface area contributed by atoms with Crippen LogP contribution in [0.15, 0.2) is 23.2 Å². The van der Waals surface area contributed by atoms with E-state index in [0.29, 0.717) is 17.3 Å². The van der Waals surface area contributed by atoms with Crippen LogP contribution in [0.3, 0.4) is 0 Å². The Bertz CT molecular complexity index is 380. The molecule has 0 atom stereocenters. The average Bonchev–Trinajstić information content (AvgIpc) is 2.34. The van der Waals surface area contributed by atoms with E-state index in [0.717, 1.165) is 5.56 Å². The van der Waals surface area contributed by atoms with Gasteiger partial charge in [-0.25, -0.2) is 5.84 Å². The lowest BCUT2D eigenvalue weighted by Gasteiger charge is -2.15. The van der Waals surface area contributed by atoms with Gasteiger partial charge in [0.2, 0.25) is 0 Å². The minimum Gasteiger partial charge on any atom is -0.496 e. The van der Waals surface area contributed by atoms with E-state index in [1.165, 1.54) is 0 Å². The molecule has 17 heavy (non-hydrogen) atoms. The second-order valence-electron chi connectivity index (χ2n) is 3.75. The third kappa shape index (κ3) is 3.10. The van der Waals surface area contributed by atoms with Gasteiger partial charge < -0.3 is 14.9 Å². The minimum absolute atomic E-state index is 0.121. The largest absolute Gasteiger partial charge is 0.496 e. The highest BCUT2D eigenvalue weighted by Crippen LogP contribution is 2.28. The Morgan fingerprint density at radius 1 is 1.24 bits per heavy atom. The van der Waals surface area contributed by atoms with Gasteiger partial charge >= 0.3 is 0 Å². The number of amidine groups is 1. The summed E-state index contributed by atoms with van der Waals surface area (Å²) in [6, 6.07) is 5.65. The summed E-state index contributed by atoms with van der Waals surface area (Å²) in [5, 5.41) is 0. The molecule has 0 radical (unpaired) electrons. The molecule has 5 nitrogen and oxygen atoms in total. The van der Waals surface area contributed by atoms with E-state index >= 15 is 0 Å². The van der Waals surface area contributed by atoms with Gasteiger partial charge in [-0.1, -0.05) is 6.07 Å². The van der Waals surface area contributed by atoms with E-state index in [-0.39, 0.29) is 6.04 Å². The smallest absolute Gasteiger partial charge is 0.150 e. The molecule has 0 aliphatic heterocycles. The summed E-state index contributed by atoms with van der Waals surface area (Å²) in [4.78, 5) is 4.40. The van der Waals surface area contributed by atoms with E-state index < -0.39 is 0 Å². The molecule has 0 unspecified atom stereocenters. The lowest BCUT2D eigenvalue weighted by molar-refractivity contribution is 0.392. The highest BCUT2D eigenvalue weighted by molar-refractivity contribution is 6.03. The zero-order valence-electron chi connectivity index (χ0n) is 10.7. The molecule has 0 amide bonds. The molecule has 3 N–H and O–H groups in total. The predicted molar refractivity (Wildman–Crippen MR) is 68.5 cm³/mol. The number of nitrogens with zero attached hydrogens (tertiary/aromatic N) is 1. The fourth-order valence-corrected chi connectivity index (χ4v) is 1.52. The summed E-state index contributed by atoms with van der Waals surface area (Å²) in [5.41, 5.74) is 3.32. The summed E-state index contributed by atoms with van der Waals surface area (Å²) in [6.07, 6.45) is 0. The molecular weight excluding hydrogens is 218 g/mol. The van der Waals surface area contributed by atoms with E-state index in [4.69, 9.17) is 15.3 Å². The van der Waals surface area contributed by atoms with Gasteiger partial charge in [-0.3, -0.25) is 4.99 Å². The van der Waals surface area contributed by atoms with Crippen molar-refractivity contribution in [2.75, 3.05) is 14.2 Å². The molecule has 1 aromatic rings. The number of ether oxygens (including phenoxy) is 2. The summed E-state index contributed by atoms with van der Waals surface area (Å²) >= 11 is 0. The monoisotopic (exact) mass is 237 g/mol. The Labute approximate surface area is 102 Å². The standard InChI is InChI=1S/C12H19N3O2/c1-8(2)14-12(15-13)11-9(16-3)6-5-7-10(11)17-4/h5-8H,13H2,1-4H3,(H,14,15). The zero-order valence-corrected chi connectivity index (χ0v) is 10.7. The second kappa shape index (κ2) is 6.10. The van der Waals surface area contributed by atoms with Gasteiger partial charge in [0.15, 0.2) is 0 Å². The van der Waals surface area contributed by atoms with Crippen molar-refractivity contribution in [3.63, 3.8) is 0 Å². The number of hydrogen-bond donors (Lipinski definition) is 2. The maximum atomic E-state index is 5.51. The fourth-order valence-electron chi connectivity index (χ4n) is 1.52. The minimum atomic E-state index is 0.121. The third-order valence-corrected chi connectivity index (χ3v) is 2.19. The zero-order chi connectivity index (χ0) is 12.8. The molecule has 0 bridgehead atoms. The molecule has 94 valence electrons. The van der Waals surface area contributed by atoms with Crippen LogP contribution in [-0.2, 0) is 0 Å². The van der Waals surface area contributed by atoms with Crippen molar-refractivity contribution in [2.45, 2.75) is 19.9 Å². The van der Waals surface area contributed by atoms with Crippen LogP contribution in [0.2, 0.25) is 0 Å². The van der Waals surface area contributed by atoms with Crippen LogP contribution in [0.1, 0.15) is 19.4 Å². The van der Waals surface area contributed by atoms with Crippen LogP contribution in [0, 0.1) is 0 Å². The number of hydrazine groups is 1. The quantitative estimate of drug-likeness (QED) is 0.359. The Morgan fingerprint density at radius 3 is 2.12 bits per heavy atom. The Morgan fingerprint density at radius 2 is 1.76 bits per heavy atom. The van der Waals surface area contributed by atoms with Gasteiger partial charge in [-0.2, -0.15) is 0 Å². The number of nitrogens with two attached hydrogens (primary N) is 1. The average molecular weight is 237 g/mol. The molecule has 0 fully saturated rings. The highest BCUT2D eigenvalue weighted by Gasteiger charge is 2.15. The van der Waals surface area contributed by atoms with Crippen molar-refractivity contribution in [3.8, 4) is 11.5 Å². The first kappa shape index (κ1) is 13.3. The Hall–Kier alpha value is -1.75. The van der Waals surface area contributed by atoms with Crippen molar-refractivity contribution < 1.29 is 9.47 Å². The third-order valence-electron chi connectivity index (χ3n) is 2.19. The number of methoxy groups -OCH3 is 2. The topological polar surface area (TPSA) is 68.9 Å². The van der Waals surface area contributed by atoms with Crippen LogP contribution in [0.25, 0.3) is 0 Å². The number of benzene rings is 1. The molecule has 0 spiro atoms. The van der Waals surface area contributed by atoms with Gasteiger partial charge in [-0.15, -0.1) is 0 Å². The highest BCUT2D eigenvalue weighted by atomic mass is 16.5. The van der Waals surface area contributed by atoms with Gasteiger partial charge in [-0.05, 0) is 26.0 Å². The molecule has 1 rings (SSSR count). The summed E-state index contributed by atoms with van der Waals surface area (Å²) in [7, 11) is 3.20. The SMILES string of the molecule is COc1cccc(OC)c1C(=NC(C)C)NN. The van der Waals surface area contributed by atoms with Crippen molar-refractivity contribution in [2.24, 2.45) is 10.8 Å². The molecule has 0 saturated carbocycles. The van der Waals surface area contributed by atoms with Gasteiger partial charge in [0.1, 0.15) is 22.9 Å². The number of hydrogen-bond acceptors (Lipinski definition) is 4. The molecule has 0 heterocycles. The van der Waals surface area contributed by atoms with Crippen LogP contribution < -0.4 is 20.7 Å². The van der Waals surface area contributed by atoms with E-state index in [2.05, 4.69) is 10.4 Å². The fraction of sp³-hybridized carbons (Fsp3) is 0.417. The first-order chi connectivity index (χ1) is 8.13. The molecule has 0 aromatic heterocycles. The van der Waals surface area contributed by atoms with Crippen LogP contribution in [-0.4, -0.2) is 26.1 Å². The number of aliphatic imine (C=N–C) groups is 1. The van der Waals surface area contributed by atoms with Gasteiger partial charge in [0.05, 0.1) is 14.2 Å². The molecule has 5 heteroatoms. The normalized spacial score (nSPS) is 11.5. The summed E-state index contributed by atoms with van der Waals surface area (Å²) in [6.45, 7) is 3.94. The number of rotatable bonds is 4. The Kier molecular flexibility index (Phi) is 4.78.